The first-order valence-corrected chi connectivity index (χ1v) is 6.05. The quantitative estimate of drug-likeness (QED) is 0.823. The van der Waals surface area contributed by atoms with E-state index in [9.17, 15) is 5.11 Å². The maximum atomic E-state index is 9.21. The lowest BCUT2D eigenvalue weighted by Crippen LogP contribution is -2.25. The van der Waals surface area contributed by atoms with E-state index in [-0.39, 0.29) is 6.10 Å². The van der Waals surface area contributed by atoms with Gasteiger partial charge in [-0.25, -0.2) is 4.98 Å². The molecule has 0 bridgehead atoms. The van der Waals surface area contributed by atoms with Gasteiger partial charge in [0.2, 0.25) is 0 Å². The second-order valence-electron chi connectivity index (χ2n) is 4.24. The van der Waals surface area contributed by atoms with Crippen LogP contribution in [0.5, 0.6) is 0 Å². The van der Waals surface area contributed by atoms with Gasteiger partial charge in [0.1, 0.15) is 5.82 Å². The van der Waals surface area contributed by atoms with Gasteiger partial charge in [0, 0.05) is 13.1 Å². The van der Waals surface area contributed by atoms with Gasteiger partial charge in [-0.1, -0.05) is 12.1 Å². The van der Waals surface area contributed by atoms with E-state index in [0.29, 0.717) is 13.1 Å². The fourth-order valence-electron chi connectivity index (χ4n) is 2.01. The highest BCUT2D eigenvalue weighted by Gasteiger charge is 2.08. The van der Waals surface area contributed by atoms with Crippen LogP contribution in [-0.2, 0) is 13.1 Å². The van der Waals surface area contributed by atoms with E-state index >= 15 is 0 Å². The number of imidazole rings is 1. The minimum atomic E-state index is -0.325. The molecule has 0 fully saturated rings. The Morgan fingerprint density at radius 3 is 2.88 bits per heavy atom. The number of aliphatic hydroxyl groups is 1. The third-order valence-corrected chi connectivity index (χ3v) is 2.77. The Morgan fingerprint density at radius 2 is 2.18 bits per heavy atom. The average Bonchev–Trinajstić information content (AvgIpc) is 2.66. The molecule has 0 saturated carbocycles. The molecule has 4 heteroatoms. The second-order valence-corrected chi connectivity index (χ2v) is 4.24. The van der Waals surface area contributed by atoms with E-state index in [0.717, 1.165) is 17.9 Å². The van der Waals surface area contributed by atoms with Crippen LogP contribution in [-0.4, -0.2) is 27.3 Å². The first-order valence-electron chi connectivity index (χ1n) is 6.05. The number of hydrogen-bond donors (Lipinski definition) is 2. The predicted octanol–water partition coefficient (Wildman–Crippen LogP) is 1.53. The van der Waals surface area contributed by atoms with Crippen molar-refractivity contribution in [1.29, 1.82) is 0 Å². The zero-order chi connectivity index (χ0) is 12.3. The summed E-state index contributed by atoms with van der Waals surface area (Å²) in [6.07, 6.45) is -0.325. The zero-order valence-electron chi connectivity index (χ0n) is 10.3. The molecule has 1 unspecified atom stereocenters. The number of aryl methyl sites for hydroxylation is 1. The SMILES string of the molecule is CCn1c(CNCC(C)O)nc2ccccc21. The van der Waals surface area contributed by atoms with Gasteiger partial charge in [-0.3, -0.25) is 0 Å². The van der Waals surface area contributed by atoms with E-state index < -0.39 is 0 Å². The minimum absolute atomic E-state index is 0.325. The van der Waals surface area contributed by atoms with Gasteiger partial charge >= 0.3 is 0 Å². The van der Waals surface area contributed by atoms with E-state index in [4.69, 9.17) is 0 Å². The topological polar surface area (TPSA) is 50.1 Å². The Hall–Kier alpha value is -1.39. The van der Waals surface area contributed by atoms with Gasteiger partial charge in [-0.05, 0) is 26.0 Å². The number of hydrogen-bond acceptors (Lipinski definition) is 3. The predicted molar refractivity (Wildman–Crippen MR) is 68.8 cm³/mol. The average molecular weight is 233 g/mol. The van der Waals surface area contributed by atoms with E-state index in [2.05, 4.69) is 27.9 Å². The molecule has 1 atom stereocenters. The van der Waals surface area contributed by atoms with Crippen molar-refractivity contribution in [3.8, 4) is 0 Å². The Morgan fingerprint density at radius 1 is 1.41 bits per heavy atom. The number of rotatable bonds is 5. The summed E-state index contributed by atoms with van der Waals surface area (Å²) in [5.74, 6) is 1.02. The largest absolute Gasteiger partial charge is 0.392 e. The number of nitrogens with one attached hydrogen (secondary N) is 1. The molecule has 1 aromatic heterocycles. The molecule has 0 spiro atoms. The minimum Gasteiger partial charge on any atom is -0.392 e. The third kappa shape index (κ3) is 2.65. The number of aliphatic hydroxyl groups excluding tert-OH is 1. The molecule has 92 valence electrons. The van der Waals surface area contributed by atoms with Crippen LogP contribution < -0.4 is 5.32 Å². The normalized spacial score (nSPS) is 13.1. The summed E-state index contributed by atoms with van der Waals surface area (Å²) in [6, 6.07) is 8.15. The number of fused-ring (bicyclic) bond motifs is 1. The molecule has 1 aromatic carbocycles. The highest BCUT2D eigenvalue weighted by atomic mass is 16.3. The summed E-state index contributed by atoms with van der Waals surface area (Å²) in [5, 5.41) is 12.4. The van der Waals surface area contributed by atoms with Crippen molar-refractivity contribution >= 4 is 11.0 Å². The summed E-state index contributed by atoms with van der Waals surface area (Å²) in [6.45, 7) is 6.08. The Labute approximate surface area is 101 Å². The summed E-state index contributed by atoms with van der Waals surface area (Å²) >= 11 is 0. The molecule has 2 rings (SSSR count). The highest BCUT2D eigenvalue weighted by molar-refractivity contribution is 5.75. The first kappa shape index (κ1) is 12.1. The van der Waals surface area contributed by atoms with Crippen molar-refractivity contribution in [3.05, 3.63) is 30.1 Å². The lowest BCUT2D eigenvalue weighted by Gasteiger charge is -2.08. The van der Waals surface area contributed by atoms with Crippen molar-refractivity contribution in [1.82, 2.24) is 14.9 Å². The number of benzene rings is 1. The van der Waals surface area contributed by atoms with Gasteiger partial charge in [0.05, 0.1) is 23.7 Å². The monoisotopic (exact) mass is 233 g/mol. The molecular formula is C13H19N3O. The van der Waals surface area contributed by atoms with Crippen LogP contribution in [0.1, 0.15) is 19.7 Å². The molecule has 1 heterocycles. The van der Waals surface area contributed by atoms with Crippen molar-refractivity contribution in [3.63, 3.8) is 0 Å². The molecule has 17 heavy (non-hydrogen) atoms. The molecule has 0 saturated heterocycles. The molecule has 4 nitrogen and oxygen atoms in total. The van der Waals surface area contributed by atoms with E-state index in [1.807, 2.05) is 18.2 Å². The van der Waals surface area contributed by atoms with Gasteiger partial charge < -0.3 is 15.0 Å². The van der Waals surface area contributed by atoms with Gasteiger partial charge in [0.15, 0.2) is 0 Å². The van der Waals surface area contributed by atoms with E-state index in [1.165, 1.54) is 5.52 Å². The van der Waals surface area contributed by atoms with Crippen LogP contribution in [0, 0.1) is 0 Å². The van der Waals surface area contributed by atoms with Crippen LogP contribution >= 0.6 is 0 Å². The Kier molecular flexibility index (Phi) is 3.76. The van der Waals surface area contributed by atoms with Gasteiger partial charge in [0.25, 0.3) is 0 Å². The Bertz CT molecular complexity index is 490. The maximum Gasteiger partial charge on any atom is 0.123 e. The van der Waals surface area contributed by atoms with Crippen LogP contribution in [0.2, 0.25) is 0 Å². The molecule has 0 aliphatic rings. The van der Waals surface area contributed by atoms with Crippen molar-refractivity contribution < 1.29 is 5.11 Å². The van der Waals surface area contributed by atoms with Crippen molar-refractivity contribution in [2.45, 2.75) is 33.0 Å². The van der Waals surface area contributed by atoms with Crippen LogP contribution in [0.15, 0.2) is 24.3 Å². The van der Waals surface area contributed by atoms with Gasteiger partial charge in [-0.15, -0.1) is 0 Å². The first-order chi connectivity index (χ1) is 8.22. The smallest absolute Gasteiger partial charge is 0.123 e. The van der Waals surface area contributed by atoms with Crippen LogP contribution in [0.4, 0.5) is 0 Å². The fraction of sp³-hybridized carbons (Fsp3) is 0.462. The third-order valence-electron chi connectivity index (χ3n) is 2.77. The zero-order valence-corrected chi connectivity index (χ0v) is 10.3. The summed E-state index contributed by atoms with van der Waals surface area (Å²) in [5.41, 5.74) is 2.20. The van der Waals surface area contributed by atoms with Crippen LogP contribution in [0.3, 0.4) is 0 Å². The molecule has 0 amide bonds. The molecule has 0 aliphatic heterocycles. The number of aromatic nitrogens is 2. The highest BCUT2D eigenvalue weighted by Crippen LogP contribution is 2.15. The second kappa shape index (κ2) is 5.29. The Balaban J connectivity index is 2.21. The summed E-state index contributed by atoms with van der Waals surface area (Å²) < 4.78 is 2.20. The lowest BCUT2D eigenvalue weighted by atomic mass is 10.3. The molecule has 0 radical (unpaired) electrons. The van der Waals surface area contributed by atoms with E-state index in [1.54, 1.807) is 6.92 Å². The summed E-state index contributed by atoms with van der Waals surface area (Å²) in [7, 11) is 0. The molecule has 0 aliphatic carbocycles. The molecular weight excluding hydrogens is 214 g/mol. The molecule has 2 N–H and O–H groups in total. The van der Waals surface area contributed by atoms with Crippen molar-refractivity contribution in [2.75, 3.05) is 6.54 Å². The van der Waals surface area contributed by atoms with Crippen LogP contribution in [0.25, 0.3) is 11.0 Å². The summed E-state index contributed by atoms with van der Waals surface area (Å²) in [4.78, 5) is 4.60. The number of nitrogens with zero attached hydrogens (tertiary/aromatic N) is 2. The molecule has 2 aromatic rings. The maximum absolute atomic E-state index is 9.21. The fourth-order valence-corrected chi connectivity index (χ4v) is 2.01. The van der Waals surface area contributed by atoms with Gasteiger partial charge in [-0.2, -0.15) is 0 Å². The van der Waals surface area contributed by atoms with Crippen molar-refractivity contribution in [2.24, 2.45) is 0 Å². The standard InChI is InChI=1S/C13H19N3O/c1-3-16-12-7-5-4-6-11(12)15-13(16)9-14-8-10(2)17/h4-7,10,14,17H,3,8-9H2,1-2H3. The number of para-hydroxylation sites is 2. The lowest BCUT2D eigenvalue weighted by molar-refractivity contribution is 0.190.